The molecule has 1 aromatic carbocycles. The van der Waals surface area contributed by atoms with Crippen molar-refractivity contribution >= 4 is 15.9 Å². The highest BCUT2D eigenvalue weighted by Crippen LogP contribution is 2.24. The molecule has 21 heavy (non-hydrogen) atoms. The minimum absolute atomic E-state index is 0.149. The van der Waals surface area contributed by atoms with Crippen molar-refractivity contribution in [3.05, 3.63) is 33.8 Å². The quantitative estimate of drug-likeness (QED) is 0.776. The van der Waals surface area contributed by atoms with Gasteiger partial charge >= 0.3 is 0 Å². The highest BCUT2D eigenvalue weighted by molar-refractivity contribution is 9.10. The first kappa shape index (κ1) is 18.7. The van der Waals surface area contributed by atoms with Gasteiger partial charge in [0.05, 0.1) is 0 Å². The highest BCUT2D eigenvalue weighted by Gasteiger charge is 2.21. The maximum absolute atomic E-state index is 3.73. The molecule has 0 bridgehead atoms. The molecular formula is C18H31BrN2. The lowest BCUT2D eigenvalue weighted by Gasteiger charge is -2.35. The highest BCUT2D eigenvalue weighted by atomic mass is 79.9. The molecule has 1 rings (SSSR count). The third kappa shape index (κ3) is 6.09. The Morgan fingerprint density at radius 3 is 2.24 bits per heavy atom. The van der Waals surface area contributed by atoms with E-state index in [0.717, 1.165) is 19.5 Å². The van der Waals surface area contributed by atoms with Gasteiger partial charge in [-0.2, -0.15) is 0 Å². The first-order chi connectivity index (χ1) is 9.55. The molecule has 0 saturated heterocycles. The van der Waals surface area contributed by atoms with Crippen molar-refractivity contribution < 1.29 is 0 Å². The van der Waals surface area contributed by atoms with Crippen LogP contribution in [-0.2, 0) is 13.1 Å². The van der Waals surface area contributed by atoms with Crippen molar-refractivity contribution in [1.29, 1.82) is 0 Å². The largest absolute Gasteiger partial charge is 0.308 e. The van der Waals surface area contributed by atoms with Gasteiger partial charge in [-0.15, -0.1) is 0 Å². The SMILES string of the molecule is CCC(C)(C)N(C)Cc1ccc(CNC(C)(C)C)cc1Br. The minimum atomic E-state index is 0.149. The molecule has 0 amide bonds. The first-order valence-corrected chi connectivity index (χ1v) is 8.58. The lowest BCUT2D eigenvalue weighted by molar-refractivity contribution is 0.143. The fraction of sp³-hybridized carbons (Fsp3) is 0.667. The molecule has 0 atom stereocenters. The Morgan fingerprint density at radius 2 is 1.76 bits per heavy atom. The Bertz CT molecular complexity index is 461. The van der Waals surface area contributed by atoms with Crippen LogP contribution in [0.5, 0.6) is 0 Å². The molecule has 1 aromatic rings. The molecule has 0 aromatic heterocycles. The molecule has 0 spiro atoms. The summed E-state index contributed by atoms with van der Waals surface area (Å²) in [4.78, 5) is 2.42. The minimum Gasteiger partial charge on any atom is -0.308 e. The molecule has 0 radical (unpaired) electrons. The summed E-state index contributed by atoms with van der Waals surface area (Å²) in [5.74, 6) is 0. The van der Waals surface area contributed by atoms with Gasteiger partial charge < -0.3 is 5.32 Å². The predicted octanol–water partition coefficient (Wildman–Crippen LogP) is 4.96. The Balaban J connectivity index is 2.75. The fourth-order valence-corrected chi connectivity index (χ4v) is 2.49. The van der Waals surface area contributed by atoms with Crippen molar-refractivity contribution in [1.82, 2.24) is 10.2 Å². The number of hydrogen-bond acceptors (Lipinski definition) is 2. The summed E-state index contributed by atoms with van der Waals surface area (Å²) in [7, 11) is 2.20. The van der Waals surface area contributed by atoms with Gasteiger partial charge in [-0.25, -0.2) is 0 Å². The Labute approximate surface area is 139 Å². The van der Waals surface area contributed by atoms with Crippen molar-refractivity contribution in [2.45, 2.75) is 72.1 Å². The second kappa shape index (κ2) is 7.26. The van der Waals surface area contributed by atoms with Gasteiger partial charge in [-0.1, -0.05) is 35.0 Å². The summed E-state index contributed by atoms with van der Waals surface area (Å²) in [6.45, 7) is 15.3. The third-order valence-electron chi connectivity index (χ3n) is 4.25. The Kier molecular flexibility index (Phi) is 6.45. The predicted molar refractivity (Wildman–Crippen MR) is 96.6 cm³/mol. The molecule has 0 aliphatic heterocycles. The zero-order chi connectivity index (χ0) is 16.3. The monoisotopic (exact) mass is 354 g/mol. The zero-order valence-corrected chi connectivity index (χ0v) is 16.3. The molecule has 0 unspecified atom stereocenters. The van der Waals surface area contributed by atoms with Crippen LogP contribution in [0.2, 0.25) is 0 Å². The fourth-order valence-electron chi connectivity index (χ4n) is 1.94. The van der Waals surface area contributed by atoms with Crippen molar-refractivity contribution in [2.24, 2.45) is 0 Å². The van der Waals surface area contributed by atoms with E-state index in [4.69, 9.17) is 0 Å². The molecule has 0 fully saturated rings. The number of rotatable bonds is 6. The molecule has 1 N–H and O–H groups in total. The van der Waals surface area contributed by atoms with Gasteiger partial charge in [-0.3, -0.25) is 4.90 Å². The standard InChI is InChI=1S/C18H31BrN2/c1-8-18(5,6)21(7)13-15-10-9-14(11-16(15)19)12-20-17(2,3)4/h9-11,20H,8,12-13H2,1-7H3. The maximum Gasteiger partial charge on any atom is 0.0247 e. The van der Waals surface area contributed by atoms with Gasteiger partial charge in [0.1, 0.15) is 0 Å². The van der Waals surface area contributed by atoms with Crippen LogP contribution in [0.25, 0.3) is 0 Å². The number of hydrogen-bond donors (Lipinski definition) is 1. The van der Waals surface area contributed by atoms with Crippen LogP contribution in [0.1, 0.15) is 59.1 Å². The second-order valence-corrected chi connectivity index (χ2v) is 8.41. The number of nitrogens with one attached hydrogen (secondary N) is 1. The van der Waals surface area contributed by atoms with Crippen LogP contribution in [0.4, 0.5) is 0 Å². The number of nitrogens with zero attached hydrogens (tertiary/aromatic N) is 1. The summed E-state index contributed by atoms with van der Waals surface area (Å²) in [6.07, 6.45) is 1.15. The van der Waals surface area contributed by atoms with E-state index < -0.39 is 0 Å². The molecular weight excluding hydrogens is 324 g/mol. The van der Waals surface area contributed by atoms with Crippen LogP contribution in [0.3, 0.4) is 0 Å². The van der Waals surface area contributed by atoms with Gasteiger partial charge in [0, 0.05) is 28.6 Å². The van der Waals surface area contributed by atoms with Crippen LogP contribution in [0, 0.1) is 0 Å². The van der Waals surface area contributed by atoms with Crippen LogP contribution in [0.15, 0.2) is 22.7 Å². The van der Waals surface area contributed by atoms with E-state index in [0.29, 0.717) is 0 Å². The summed E-state index contributed by atoms with van der Waals surface area (Å²) in [6, 6.07) is 6.71. The van der Waals surface area contributed by atoms with Gasteiger partial charge in [-0.05, 0) is 65.3 Å². The van der Waals surface area contributed by atoms with Gasteiger partial charge in [0.15, 0.2) is 0 Å². The topological polar surface area (TPSA) is 15.3 Å². The molecule has 0 aliphatic carbocycles. The molecule has 3 heteroatoms. The van der Waals surface area contributed by atoms with Crippen molar-refractivity contribution in [3.63, 3.8) is 0 Å². The average Bonchev–Trinajstić information content (AvgIpc) is 2.38. The van der Waals surface area contributed by atoms with Crippen LogP contribution >= 0.6 is 15.9 Å². The smallest absolute Gasteiger partial charge is 0.0247 e. The normalized spacial score (nSPS) is 13.0. The molecule has 120 valence electrons. The summed E-state index contributed by atoms with van der Waals surface area (Å²) in [5, 5.41) is 3.53. The summed E-state index contributed by atoms with van der Waals surface area (Å²) < 4.78 is 1.20. The van der Waals surface area contributed by atoms with E-state index in [1.165, 1.54) is 15.6 Å². The Morgan fingerprint density at radius 1 is 1.14 bits per heavy atom. The van der Waals surface area contributed by atoms with Crippen LogP contribution in [-0.4, -0.2) is 23.0 Å². The molecule has 0 heterocycles. The van der Waals surface area contributed by atoms with Crippen molar-refractivity contribution in [2.75, 3.05) is 7.05 Å². The number of halogens is 1. The zero-order valence-electron chi connectivity index (χ0n) is 14.7. The maximum atomic E-state index is 3.73. The van der Waals surface area contributed by atoms with E-state index in [2.05, 4.69) is 92.9 Å². The Hall–Kier alpha value is -0.380. The van der Waals surface area contributed by atoms with E-state index in [1.54, 1.807) is 0 Å². The molecule has 2 nitrogen and oxygen atoms in total. The van der Waals surface area contributed by atoms with Crippen LogP contribution < -0.4 is 5.32 Å². The molecule has 0 saturated carbocycles. The van der Waals surface area contributed by atoms with E-state index in [1.807, 2.05) is 0 Å². The van der Waals surface area contributed by atoms with Crippen molar-refractivity contribution in [3.8, 4) is 0 Å². The summed E-state index contributed by atoms with van der Waals surface area (Å²) in [5.41, 5.74) is 3.04. The average molecular weight is 355 g/mol. The van der Waals surface area contributed by atoms with Gasteiger partial charge in [0.2, 0.25) is 0 Å². The van der Waals surface area contributed by atoms with E-state index in [9.17, 15) is 0 Å². The second-order valence-electron chi connectivity index (χ2n) is 7.55. The molecule has 0 aliphatic rings. The van der Waals surface area contributed by atoms with E-state index >= 15 is 0 Å². The lowest BCUT2D eigenvalue weighted by atomic mass is 9.99. The summed E-state index contributed by atoms with van der Waals surface area (Å²) >= 11 is 3.73. The lowest BCUT2D eigenvalue weighted by Crippen LogP contribution is -2.39. The third-order valence-corrected chi connectivity index (χ3v) is 4.98. The van der Waals surface area contributed by atoms with Gasteiger partial charge in [0.25, 0.3) is 0 Å². The van der Waals surface area contributed by atoms with E-state index in [-0.39, 0.29) is 11.1 Å². The number of benzene rings is 1. The first-order valence-electron chi connectivity index (χ1n) is 7.79.